The van der Waals surface area contributed by atoms with E-state index in [1.165, 1.54) is 0 Å². The summed E-state index contributed by atoms with van der Waals surface area (Å²) < 4.78 is 11.7. The largest absolute Gasteiger partial charge is 0.487 e. The first-order valence-electron chi connectivity index (χ1n) is 5.76. The van der Waals surface area contributed by atoms with Crippen molar-refractivity contribution in [1.29, 1.82) is 0 Å². The Morgan fingerprint density at radius 3 is 2.29 bits per heavy atom. The molecular weight excluding hydrogens is 233 g/mol. The second kappa shape index (κ2) is 4.23. The van der Waals surface area contributed by atoms with Crippen molar-refractivity contribution in [3.05, 3.63) is 22.1 Å². The van der Waals surface area contributed by atoms with Gasteiger partial charge in [0.15, 0.2) is 0 Å². The molecule has 1 aromatic heterocycles. The molecule has 0 aliphatic carbocycles. The molecule has 0 bridgehead atoms. The smallest absolute Gasteiger partial charge is 0.400 e. The van der Waals surface area contributed by atoms with E-state index in [-0.39, 0.29) is 18.3 Å². The van der Waals surface area contributed by atoms with Crippen LogP contribution in [-0.4, -0.2) is 23.3 Å². The second-order valence-corrected chi connectivity index (χ2v) is 6.34. The standard InChI is InChI=1S/C12H18BNO2S/c1-9-14-10(8-17-9)6-7-13-15-11(2,3)12(4,5)16-13/h6-8H,1-5H3/b7-6+. The molecule has 3 nitrogen and oxygen atoms in total. The van der Waals surface area contributed by atoms with Gasteiger partial charge in [0.2, 0.25) is 0 Å². The van der Waals surface area contributed by atoms with Crippen LogP contribution in [0, 0.1) is 6.92 Å². The van der Waals surface area contributed by atoms with Crippen LogP contribution in [0.15, 0.2) is 11.4 Å². The monoisotopic (exact) mass is 251 g/mol. The maximum atomic E-state index is 5.86. The highest BCUT2D eigenvalue weighted by molar-refractivity contribution is 7.09. The van der Waals surface area contributed by atoms with E-state index in [9.17, 15) is 0 Å². The number of hydrogen-bond acceptors (Lipinski definition) is 4. The van der Waals surface area contributed by atoms with Crippen LogP contribution in [0.2, 0.25) is 0 Å². The highest BCUT2D eigenvalue weighted by atomic mass is 32.1. The molecule has 2 rings (SSSR count). The van der Waals surface area contributed by atoms with Crippen LogP contribution >= 0.6 is 11.3 Å². The lowest BCUT2D eigenvalue weighted by atomic mass is 9.90. The zero-order chi connectivity index (χ0) is 12.7. The fraction of sp³-hybridized carbons (Fsp3) is 0.583. The predicted octanol–water partition coefficient (Wildman–Crippen LogP) is 3.10. The van der Waals surface area contributed by atoms with Crippen LogP contribution in [0.3, 0.4) is 0 Å². The Morgan fingerprint density at radius 2 is 1.82 bits per heavy atom. The summed E-state index contributed by atoms with van der Waals surface area (Å²) >= 11 is 1.64. The van der Waals surface area contributed by atoms with Gasteiger partial charge in [0.1, 0.15) is 0 Å². The minimum absolute atomic E-state index is 0.278. The number of hydrogen-bond donors (Lipinski definition) is 0. The molecule has 0 radical (unpaired) electrons. The average Bonchev–Trinajstić information content (AvgIpc) is 2.67. The summed E-state index contributed by atoms with van der Waals surface area (Å²) in [5.41, 5.74) is 0.405. The molecule has 2 heterocycles. The second-order valence-electron chi connectivity index (χ2n) is 5.28. The fourth-order valence-corrected chi connectivity index (χ4v) is 2.18. The van der Waals surface area contributed by atoms with Crippen LogP contribution in [0.25, 0.3) is 6.08 Å². The van der Waals surface area contributed by atoms with E-state index >= 15 is 0 Å². The molecule has 1 aliphatic heterocycles. The topological polar surface area (TPSA) is 31.4 Å². The third-order valence-electron chi connectivity index (χ3n) is 3.33. The molecule has 0 amide bonds. The first-order chi connectivity index (χ1) is 7.80. The maximum absolute atomic E-state index is 5.86. The first-order valence-corrected chi connectivity index (χ1v) is 6.64. The van der Waals surface area contributed by atoms with Crippen LogP contribution in [-0.2, 0) is 9.31 Å². The molecule has 0 N–H and O–H groups in total. The predicted molar refractivity (Wildman–Crippen MR) is 72.0 cm³/mol. The molecule has 0 saturated carbocycles. The lowest BCUT2D eigenvalue weighted by Gasteiger charge is -2.32. The lowest BCUT2D eigenvalue weighted by Crippen LogP contribution is -2.41. The summed E-state index contributed by atoms with van der Waals surface area (Å²) in [7, 11) is -0.290. The summed E-state index contributed by atoms with van der Waals surface area (Å²) in [6, 6.07) is 0. The molecule has 1 aromatic rings. The molecule has 17 heavy (non-hydrogen) atoms. The van der Waals surface area contributed by atoms with E-state index in [1.54, 1.807) is 11.3 Å². The SMILES string of the molecule is Cc1nc(/C=C/B2OC(C)(C)C(C)(C)O2)cs1. The molecule has 1 aliphatic rings. The Hall–Kier alpha value is -0.645. The van der Waals surface area contributed by atoms with E-state index in [0.717, 1.165) is 10.7 Å². The van der Waals surface area contributed by atoms with Gasteiger partial charge in [0, 0.05) is 5.38 Å². The quantitative estimate of drug-likeness (QED) is 0.757. The van der Waals surface area contributed by atoms with Crippen molar-refractivity contribution >= 4 is 24.5 Å². The molecule has 0 unspecified atom stereocenters. The van der Waals surface area contributed by atoms with E-state index in [2.05, 4.69) is 4.98 Å². The van der Waals surface area contributed by atoms with Gasteiger partial charge in [-0.1, -0.05) is 5.98 Å². The van der Waals surface area contributed by atoms with Gasteiger partial charge in [-0.15, -0.1) is 11.3 Å². The molecular formula is C12H18BNO2S. The van der Waals surface area contributed by atoms with Crippen molar-refractivity contribution in [3.8, 4) is 0 Å². The Balaban J connectivity index is 2.05. The molecule has 1 saturated heterocycles. The van der Waals surface area contributed by atoms with Gasteiger partial charge in [0.25, 0.3) is 0 Å². The van der Waals surface area contributed by atoms with Crippen molar-refractivity contribution in [1.82, 2.24) is 4.98 Å². The maximum Gasteiger partial charge on any atom is 0.487 e. The Bertz CT molecular complexity index is 423. The summed E-state index contributed by atoms with van der Waals surface area (Å²) in [4.78, 5) is 4.36. The third-order valence-corrected chi connectivity index (χ3v) is 4.12. The average molecular weight is 251 g/mol. The Labute approximate surface area is 107 Å². The summed E-state index contributed by atoms with van der Waals surface area (Å²) in [6.07, 6.45) is 1.95. The molecule has 0 atom stereocenters. The van der Waals surface area contributed by atoms with Crippen LogP contribution in [0.1, 0.15) is 38.4 Å². The highest BCUT2D eigenvalue weighted by Gasteiger charge is 2.49. The minimum Gasteiger partial charge on any atom is -0.400 e. The summed E-state index contributed by atoms with van der Waals surface area (Å²) in [6.45, 7) is 10.2. The van der Waals surface area contributed by atoms with Crippen molar-refractivity contribution in [2.45, 2.75) is 45.8 Å². The highest BCUT2D eigenvalue weighted by Crippen LogP contribution is 2.36. The number of aromatic nitrogens is 1. The number of thiazole rings is 1. The van der Waals surface area contributed by atoms with Crippen LogP contribution < -0.4 is 0 Å². The third kappa shape index (κ3) is 2.62. The van der Waals surface area contributed by atoms with Crippen molar-refractivity contribution in [3.63, 3.8) is 0 Å². The number of rotatable bonds is 2. The van der Waals surface area contributed by atoms with Gasteiger partial charge >= 0.3 is 7.12 Å². The lowest BCUT2D eigenvalue weighted by molar-refractivity contribution is 0.00578. The van der Waals surface area contributed by atoms with Gasteiger partial charge in [-0.25, -0.2) is 4.98 Å². The van der Waals surface area contributed by atoms with Crippen molar-refractivity contribution in [2.24, 2.45) is 0 Å². The van der Waals surface area contributed by atoms with Crippen molar-refractivity contribution in [2.75, 3.05) is 0 Å². The first kappa shape index (κ1) is 12.8. The van der Waals surface area contributed by atoms with E-state index < -0.39 is 0 Å². The normalized spacial score (nSPS) is 22.5. The molecule has 92 valence electrons. The molecule has 0 aromatic carbocycles. The van der Waals surface area contributed by atoms with Crippen LogP contribution in [0.4, 0.5) is 0 Å². The summed E-state index contributed by atoms with van der Waals surface area (Å²) in [5, 5.41) is 3.09. The van der Waals surface area contributed by atoms with Gasteiger partial charge in [-0.2, -0.15) is 0 Å². The zero-order valence-corrected chi connectivity index (χ0v) is 11.8. The molecule has 1 fully saturated rings. The van der Waals surface area contributed by atoms with Crippen molar-refractivity contribution < 1.29 is 9.31 Å². The van der Waals surface area contributed by atoms with E-state index in [0.29, 0.717) is 0 Å². The van der Waals surface area contributed by atoms with E-state index in [1.807, 2.05) is 52.1 Å². The van der Waals surface area contributed by atoms with Gasteiger partial charge in [-0.3, -0.25) is 0 Å². The number of nitrogens with zero attached hydrogens (tertiary/aromatic N) is 1. The van der Waals surface area contributed by atoms with E-state index in [4.69, 9.17) is 9.31 Å². The van der Waals surface area contributed by atoms with Crippen LogP contribution in [0.5, 0.6) is 0 Å². The Kier molecular flexibility index (Phi) is 3.18. The zero-order valence-electron chi connectivity index (χ0n) is 11.0. The fourth-order valence-electron chi connectivity index (χ4n) is 1.60. The van der Waals surface area contributed by atoms with Gasteiger partial charge in [0.05, 0.1) is 21.9 Å². The van der Waals surface area contributed by atoms with Gasteiger partial charge < -0.3 is 9.31 Å². The Morgan fingerprint density at radius 1 is 1.24 bits per heavy atom. The summed E-state index contributed by atoms with van der Waals surface area (Å²) in [5.74, 6) is 1.92. The molecule has 0 spiro atoms. The van der Waals surface area contributed by atoms with Gasteiger partial charge in [-0.05, 0) is 40.7 Å². The number of aryl methyl sites for hydroxylation is 1. The molecule has 5 heteroatoms. The minimum atomic E-state index is -0.290.